The molecule has 3 heteroatoms. The number of carbonyl (C=O) groups is 1. The van der Waals surface area contributed by atoms with E-state index in [0.29, 0.717) is 0 Å². The second-order valence-corrected chi connectivity index (χ2v) is 3.48. The van der Waals surface area contributed by atoms with Gasteiger partial charge in [-0.05, 0) is 24.6 Å². The molecule has 0 fully saturated rings. The second-order valence-electron chi connectivity index (χ2n) is 3.48. The van der Waals surface area contributed by atoms with Gasteiger partial charge in [-0.3, -0.25) is 9.78 Å². The molecule has 1 aromatic carbocycles. The molecule has 0 amide bonds. The molecule has 1 aromatic heterocycles. The van der Waals surface area contributed by atoms with E-state index in [-0.39, 0.29) is 0 Å². The number of aliphatic carboxylic acids is 1. The Bertz CT molecular complexity index is 502. The third-order valence-electron chi connectivity index (χ3n) is 2.52. The van der Waals surface area contributed by atoms with Crippen LogP contribution in [0.15, 0.2) is 36.5 Å². The number of pyridine rings is 1. The lowest BCUT2D eigenvalue weighted by atomic mass is 9.97. The SMILES string of the molecule is C[C@H](C(=O)O)c1cccc2ncccc12. The standard InChI is InChI=1S/C12H11NO2/c1-8(12(14)15)9-4-2-6-11-10(9)5-3-7-13-11/h2-8H,1H3,(H,14,15)/t8-/m0/s1. The Kier molecular flexibility index (Phi) is 2.37. The maximum absolute atomic E-state index is 10.9. The summed E-state index contributed by atoms with van der Waals surface area (Å²) >= 11 is 0. The zero-order chi connectivity index (χ0) is 10.8. The number of hydrogen-bond acceptors (Lipinski definition) is 2. The van der Waals surface area contributed by atoms with Crippen molar-refractivity contribution >= 4 is 16.9 Å². The smallest absolute Gasteiger partial charge is 0.310 e. The van der Waals surface area contributed by atoms with E-state index in [1.807, 2.05) is 30.3 Å². The molecule has 3 nitrogen and oxygen atoms in total. The summed E-state index contributed by atoms with van der Waals surface area (Å²) in [4.78, 5) is 15.1. The van der Waals surface area contributed by atoms with E-state index in [2.05, 4.69) is 4.98 Å². The predicted molar refractivity (Wildman–Crippen MR) is 57.8 cm³/mol. The maximum atomic E-state index is 10.9. The van der Waals surface area contributed by atoms with Gasteiger partial charge < -0.3 is 5.11 Å². The highest BCUT2D eigenvalue weighted by Crippen LogP contribution is 2.24. The van der Waals surface area contributed by atoms with Gasteiger partial charge in [0.25, 0.3) is 0 Å². The van der Waals surface area contributed by atoms with Crippen molar-refractivity contribution in [1.29, 1.82) is 0 Å². The molecule has 76 valence electrons. The molecule has 2 aromatic rings. The van der Waals surface area contributed by atoms with Gasteiger partial charge in [-0.1, -0.05) is 18.2 Å². The first-order chi connectivity index (χ1) is 7.20. The van der Waals surface area contributed by atoms with Gasteiger partial charge in [-0.25, -0.2) is 0 Å². The van der Waals surface area contributed by atoms with E-state index < -0.39 is 11.9 Å². The highest BCUT2D eigenvalue weighted by molar-refractivity contribution is 5.88. The Morgan fingerprint density at radius 1 is 1.33 bits per heavy atom. The first-order valence-electron chi connectivity index (χ1n) is 4.76. The minimum absolute atomic E-state index is 0.502. The lowest BCUT2D eigenvalue weighted by Gasteiger charge is -2.09. The third-order valence-corrected chi connectivity index (χ3v) is 2.52. The van der Waals surface area contributed by atoms with Crippen molar-refractivity contribution in [3.63, 3.8) is 0 Å². The lowest BCUT2D eigenvalue weighted by Crippen LogP contribution is -2.07. The molecule has 0 unspecified atom stereocenters. The molecule has 0 bridgehead atoms. The number of nitrogens with zero attached hydrogens (tertiary/aromatic N) is 1. The van der Waals surface area contributed by atoms with E-state index in [0.717, 1.165) is 16.5 Å². The maximum Gasteiger partial charge on any atom is 0.310 e. The van der Waals surface area contributed by atoms with Gasteiger partial charge in [0, 0.05) is 11.6 Å². The molecule has 0 aliphatic carbocycles. The second kappa shape index (κ2) is 3.69. The van der Waals surface area contributed by atoms with Crippen LogP contribution >= 0.6 is 0 Å². The molecule has 1 atom stereocenters. The summed E-state index contributed by atoms with van der Waals surface area (Å²) in [5, 5.41) is 9.89. The summed E-state index contributed by atoms with van der Waals surface area (Å²) in [6, 6.07) is 9.28. The summed E-state index contributed by atoms with van der Waals surface area (Å²) in [7, 11) is 0. The van der Waals surface area contributed by atoms with Crippen LogP contribution in [-0.4, -0.2) is 16.1 Å². The number of fused-ring (bicyclic) bond motifs is 1. The van der Waals surface area contributed by atoms with E-state index in [9.17, 15) is 4.79 Å². The summed E-state index contributed by atoms with van der Waals surface area (Å²) in [6.07, 6.45) is 1.71. The first-order valence-corrected chi connectivity index (χ1v) is 4.76. The summed E-state index contributed by atoms with van der Waals surface area (Å²) in [5.74, 6) is -1.32. The van der Waals surface area contributed by atoms with Crippen molar-refractivity contribution < 1.29 is 9.90 Å². The van der Waals surface area contributed by atoms with Gasteiger partial charge in [0.15, 0.2) is 0 Å². The molecule has 0 saturated carbocycles. The number of aromatic nitrogens is 1. The molecule has 0 spiro atoms. The third kappa shape index (κ3) is 1.68. The van der Waals surface area contributed by atoms with Gasteiger partial charge in [0.2, 0.25) is 0 Å². The first kappa shape index (κ1) is 9.65. The van der Waals surface area contributed by atoms with E-state index in [1.165, 1.54) is 0 Å². The molecule has 1 N–H and O–H groups in total. The van der Waals surface area contributed by atoms with Crippen LogP contribution in [0, 0.1) is 0 Å². The molecule has 1 heterocycles. The number of rotatable bonds is 2. The summed E-state index contributed by atoms with van der Waals surface area (Å²) in [6.45, 7) is 1.68. The highest BCUT2D eigenvalue weighted by atomic mass is 16.4. The fraction of sp³-hybridized carbons (Fsp3) is 0.167. The van der Waals surface area contributed by atoms with Gasteiger partial charge in [-0.2, -0.15) is 0 Å². The van der Waals surface area contributed by atoms with Gasteiger partial charge in [0.1, 0.15) is 0 Å². The van der Waals surface area contributed by atoms with E-state index >= 15 is 0 Å². The van der Waals surface area contributed by atoms with Crippen molar-refractivity contribution in [2.75, 3.05) is 0 Å². The number of hydrogen-bond donors (Lipinski definition) is 1. The van der Waals surface area contributed by atoms with Crippen LogP contribution in [-0.2, 0) is 4.79 Å². The molecule has 2 rings (SSSR count). The monoisotopic (exact) mass is 201 g/mol. The quantitative estimate of drug-likeness (QED) is 0.811. The number of carboxylic acid groups (broad SMARTS) is 1. The van der Waals surface area contributed by atoms with Gasteiger partial charge in [0.05, 0.1) is 11.4 Å². The van der Waals surface area contributed by atoms with Gasteiger partial charge >= 0.3 is 5.97 Å². The molecular formula is C12H11NO2. The fourth-order valence-corrected chi connectivity index (χ4v) is 1.64. The number of benzene rings is 1. The van der Waals surface area contributed by atoms with Crippen molar-refractivity contribution in [3.8, 4) is 0 Å². The Labute approximate surface area is 87.4 Å². The average molecular weight is 201 g/mol. The Balaban J connectivity index is 2.65. The van der Waals surface area contributed by atoms with Crippen molar-refractivity contribution in [2.45, 2.75) is 12.8 Å². The average Bonchev–Trinajstić information content (AvgIpc) is 2.27. The molecule has 0 radical (unpaired) electrons. The van der Waals surface area contributed by atoms with Crippen LogP contribution in [0.5, 0.6) is 0 Å². The topological polar surface area (TPSA) is 50.2 Å². The molecule has 0 aliphatic rings. The Morgan fingerprint density at radius 3 is 2.87 bits per heavy atom. The summed E-state index contributed by atoms with van der Waals surface area (Å²) < 4.78 is 0. The largest absolute Gasteiger partial charge is 0.481 e. The minimum atomic E-state index is -0.814. The normalized spacial score (nSPS) is 12.6. The van der Waals surface area contributed by atoms with Crippen LogP contribution in [0.4, 0.5) is 0 Å². The van der Waals surface area contributed by atoms with Crippen molar-refractivity contribution in [2.24, 2.45) is 0 Å². The molecule has 15 heavy (non-hydrogen) atoms. The van der Waals surface area contributed by atoms with Crippen molar-refractivity contribution in [1.82, 2.24) is 4.98 Å². The Morgan fingerprint density at radius 2 is 2.13 bits per heavy atom. The van der Waals surface area contributed by atoms with Crippen LogP contribution in [0.25, 0.3) is 10.9 Å². The van der Waals surface area contributed by atoms with Crippen LogP contribution in [0.1, 0.15) is 18.4 Å². The van der Waals surface area contributed by atoms with Crippen LogP contribution < -0.4 is 0 Å². The summed E-state index contributed by atoms with van der Waals surface area (Å²) in [5.41, 5.74) is 1.65. The lowest BCUT2D eigenvalue weighted by molar-refractivity contribution is -0.138. The zero-order valence-corrected chi connectivity index (χ0v) is 8.34. The van der Waals surface area contributed by atoms with Gasteiger partial charge in [-0.15, -0.1) is 0 Å². The Hall–Kier alpha value is -1.90. The molecular weight excluding hydrogens is 190 g/mol. The van der Waals surface area contributed by atoms with Crippen LogP contribution in [0.3, 0.4) is 0 Å². The predicted octanol–water partition coefficient (Wildman–Crippen LogP) is 2.42. The van der Waals surface area contributed by atoms with E-state index in [4.69, 9.17) is 5.11 Å². The zero-order valence-electron chi connectivity index (χ0n) is 8.34. The van der Waals surface area contributed by atoms with Crippen molar-refractivity contribution in [3.05, 3.63) is 42.1 Å². The molecule has 0 aliphatic heterocycles. The minimum Gasteiger partial charge on any atom is -0.481 e. The van der Waals surface area contributed by atoms with Crippen LogP contribution in [0.2, 0.25) is 0 Å². The molecule has 0 saturated heterocycles. The van der Waals surface area contributed by atoms with E-state index in [1.54, 1.807) is 13.1 Å². The highest BCUT2D eigenvalue weighted by Gasteiger charge is 2.15. The fourth-order valence-electron chi connectivity index (χ4n) is 1.64. The number of carboxylic acids is 1.